The molecular formula is C42H72O15. The Balaban J connectivity index is 1.30. The molecule has 4 saturated carbocycles. The molecule has 0 amide bonds. The highest BCUT2D eigenvalue weighted by atomic mass is 16.7. The van der Waals surface area contributed by atoms with E-state index in [1.54, 1.807) is 0 Å². The zero-order valence-electron chi connectivity index (χ0n) is 34.4. The van der Waals surface area contributed by atoms with Crippen LogP contribution in [0.5, 0.6) is 0 Å². The molecule has 2 saturated heterocycles. The first-order valence-electron chi connectivity index (χ1n) is 21.3. The Morgan fingerprint density at radius 3 is 1.88 bits per heavy atom. The number of hydrogen-bond donors (Lipinski definition) is 11. The molecule has 0 aromatic heterocycles. The molecule has 0 aromatic rings. The highest BCUT2D eigenvalue weighted by Crippen LogP contribution is 2.75. The normalized spacial score (nSPS) is 53.1. The molecular weight excluding hydrogens is 744 g/mol. The van der Waals surface area contributed by atoms with E-state index in [-0.39, 0.29) is 53.8 Å². The predicted octanol–water partition coefficient (Wildman–Crippen LogP) is 0.0954. The van der Waals surface area contributed by atoms with Gasteiger partial charge in [-0.2, -0.15) is 0 Å². The van der Waals surface area contributed by atoms with Gasteiger partial charge in [-0.05, 0) is 105 Å². The first-order valence-corrected chi connectivity index (χ1v) is 21.3. The molecule has 0 aromatic carbocycles. The van der Waals surface area contributed by atoms with Crippen molar-refractivity contribution in [3.8, 4) is 0 Å². The molecule has 6 fully saturated rings. The molecule has 15 heteroatoms. The Labute approximate surface area is 336 Å². The highest BCUT2D eigenvalue weighted by Gasteiger charge is 2.70. The summed E-state index contributed by atoms with van der Waals surface area (Å²) in [6.07, 6.45) is -6.78. The third-order valence-electron chi connectivity index (χ3n) is 17.1. The average molecular weight is 817 g/mol. The highest BCUT2D eigenvalue weighted by molar-refractivity contribution is 5.19. The van der Waals surface area contributed by atoms with Crippen molar-refractivity contribution in [3.63, 3.8) is 0 Å². The van der Waals surface area contributed by atoms with Gasteiger partial charge in [0.2, 0.25) is 0 Å². The van der Waals surface area contributed by atoms with Gasteiger partial charge < -0.3 is 75.1 Å². The van der Waals surface area contributed by atoms with Gasteiger partial charge in [-0.1, -0.05) is 39.3 Å². The zero-order valence-corrected chi connectivity index (χ0v) is 34.4. The van der Waals surface area contributed by atoms with Crippen molar-refractivity contribution < 1.29 is 75.1 Å². The number of aliphatic hydroxyl groups excluding tert-OH is 11. The van der Waals surface area contributed by atoms with E-state index in [0.717, 1.165) is 44.1 Å². The van der Waals surface area contributed by atoms with E-state index in [2.05, 4.69) is 20.8 Å². The summed E-state index contributed by atoms with van der Waals surface area (Å²) in [5, 5.41) is 116. The van der Waals surface area contributed by atoms with E-state index in [1.165, 1.54) is 0 Å². The van der Waals surface area contributed by atoms with Crippen LogP contribution in [0.25, 0.3) is 0 Å². The largest absolute Gasteiger partial charge is 0.396 e. The minimum absolute atomic E-state index is 0.0190. The van der Waals surface area contributed by atoms with Gasteiger partial charge in [-0.25, -0.2) is 0 Å². The first kappa shape index (κ1) is 45.7. The van der Waals surface area contributed by atoms with Gasteiger partial charge in [-0.15, -0.1) is 0 Å². The first-order chi connectivity index (χ1) is 26.8. The summed E-state index contributed by atoms with van der Waals surface area (Å²) in [6.45, 7) is 9.55. The van der Waals surface area contributed by atoms with Gasteiger partial charge in [0.25, 0.3) is 0 Å². The fourth-order valence-corrected chi connectivity index (χ4v) is 13.2. The zero-order chi connectivity index (χ0) is 41.9. The van der Waals surface area contributed by atoms with Gasteiger partial charge in [-0.3, -0.25) is 0 Å². The summed E-state index contributed by atoms with van der Waals surface area (Å²) in [5.74, 6) is 0.131. The predicted molar refractivity (Wildman–Crippen MR) is 204 cm³/mol. The second-order valence-corrected chi connectivity index (χ2v) is 19.8. The average Bonchev–Trinajstić information content (AvgIpc) is 3.19. The molecule has 6 aliphatic rings. The second-order valence-electron chi connectivity index (χ2n) is 19.8. The van der Waals surface area contributed by atoms with Crippen molar-refractivity contribution in [2.45, 2.75) is 172 Å². The van der Waals surface area contributed by atoms with E-state index >= 15 is 0 Å². The van der Waals surface area contributed by atoms with Gasteiger partial charge in [0.05, 0.1) is 45.2 Å². The summed E-state index contributed by atoms with van der Waals surface area (Å²) < 4.78 is 24.5. The minimum Gasteiger partial charge on any atom is -0.396 e. The molecule has 20 atom stereocenters. The Kier molecular flexibility index (Phi) is 13.7. The van der Waals surface area contributed by atoms with Crippen LogP contribution >= 0.6 is 0 Å². The van der Waals surface area contributed by atoms with Crippen molar-refractivity contribution in [1.29, 1.82) is 0 Å². The molecule has 4 aliphatic carbocycles. The molecule has 15 nitrogen and oxygen atoms in total. The van der Waals surface area contributed by atoms with E-state index in [1.807, 2.05) is 19.9 Å². The number of aliphatic hydroxyl groups is 11. The molecule has 57 heavy (non-hydrogen) atoms. The van der Waals surface area contributed by atoms with Crippen LogP contribution in [0.3, 0.4) is 0 Å². The van der Waals surface area contributed by atoms with Crippen LogP contribution in [-0.4, -0.2) is 163 Å². The van der Waals surface area contributed by atoms with Crippen molar-refractivity contribution in [1.82, 2.24) is 0 Å². The lowest BCUT2D eigenvalue weighted by molar-refractivity contribution is -0.346. The summed E-state index contributed by atoms with van der Waals surface area (Å²) in [4.78, 5) is 0. The topological polar surface area (TPSA) is 259 Å². The Hall–Kier alpha value is -0.860. The van der Waals surface area contributed by atoms with Crippen LogP contribution in [-0.2, 0) is 18.9 Å². The Bertz CT molecular complexity index is 1400. The minimum atomic E-state index is -1.63. The lowest BCUT2D eigenvalue weighted by Crippen LogP contribution is -2.69. The maximum Gasteiger partial charge on any atom is 0.186 e. The van der Waals surface area contributed by atoms with Crippen molar-refractivity contribution in [2.24, 2.45) is 44.8 Å². The van der Waals surface area contributed by atoms with Gasteiger partial charge >= 0.3 is 0 Å². The molecule has 0 bridgehead atoms. The maximum absolute atomic E-state index is 12.2. The van der Waals surface area contributed by atoms with Gasteiger partial charge in [0, 0.05) is 10.8 Å². The maximum atomic E-state index is 12.2. The molecule has 2 aliphatic heterocycles. The number of rotatable bonds is 12. The molecule has 2 heterocycles. The number of allylic oxidation sites excluding steroid dienone is 1. The van der Waals surface area contributed by atoms with E-state index < -0.39 is 97.7 Å². The van der Waals surface area contributed by atoms with E-state index in [4.69, 9.17) is 18.9 Å². The standard InChI is InChI=1S/C42H72O15/c1-22(17-43)7-6-12-42(20-46)16-15-40(4)23(35(42)53)8-9-27-38(2)13-11-28(57-37-34(52)32(50)30(48)25(19-45)56-37)39(3,26(38)10-14-41(27,40)5)21-54-36-33(51)31(49)29(47)24(18-44)55-36/h7,23-37,43-53H,6,8-21H2,1-5H3/t23-,24-,25-,26-,27-,28+,29-,30-,31+,32+,33-,34-,35-,36-,37+,38+,39+,40-,41-,42-/m1/s1. The van der Waals surface area contributed by atoms with Crippen LogP contribution in [0.15, 0.2) is 11.6 Å². The monoisotopic (exact) mass is 816 g/mol. The second kappa shape index (κ2) is 17.1. The molecule has 11 N–H and O–H groups in total. The summed E-state index contributed by atoms with van der Waals surface area (Å²) in [7, 11) is 0. The SMILES string of the molecule is CC(=CCC[C@]1(CO)CC[C@]2(C)[C@H](CC[C@@H]3[C@@]4(C)CC[C@H](O[C@@H]5O[C@H](CO)[C@@H](O)[C@H](O)[C@H]5O)[C@@](C)(CO[C@@H]5O[C@H](CO)[C@@H](O)[C@H](O)[C@H]5O)[C@@H]4CC[C@]32C)[C@H]1O)CO. The van der Waals surface area contributed by atoms with E-state index in [0.29, 0.717) is 25.7 Å². The van der Waals surface area contributed by atoms with Crippen LogP contribution < -0.4 is 0 Å². The fourth-order valence-electron chi connectivity index (χ4n) is 13.2. The number of fused-ring (bicyclic) bond motifs is 5. The van der Waals surface area contributed by atoms with Gasteiger partial charge in [0.15, 0.2) is 12.6 Å². The van der Waals surface area contributed by atoms with E-state index in [9.17, 15) is 56.2 Å². The lowest BCUT2D eigenvalue weighted by atomic mass is 9.33. The van der Waals surface area contributed by atoms with Gasteiger partial charge in [0.1, 0.15) is 48.8 Å². The summed E-state index contributed by atoms with van der Waals surface area (Å²) in [5.41, 5.74) is -1.31. The number of ether oxygens (including phenoxy) is 4. The van der Waals surface area contributed by atoms with Crippen LogP contribution in [0.4, 0.5) is 0 Å². The molecule has 0 spiro atoms. The van der Waals surface area contributed by atoms with Crippen LogP contribution in [0, 0.1) is 44.8 Å². The summed E-state index contributed by atoms with van der Waals surface area (Å²) in [6, 6.07) is 0. The van der Waals surface area contributed by atoms with Crippen molar-refractivity contribution in [2.75, 3.05) is 33.0 Å². The van der Waals surface area contributed by atoms with Crippen LogP contribution in [0.1, 0.15) is 98.8 Å². The Morgan fingerprint density at radius 2 is 1.28 bits per heavy atom. The fraction of sp³-hybridized carbons (Fsp3) is 0.952. The molecule has 0 unspecified atom stereocenters. The smallest absolute Gasteiger partial charge is 0.186 e. The lowest BCUT2D eigenvalue weighted by Gasteiger charge is -2.72. The quantitative estimate of drug-likeness (QED) is 0.0922. The molecule has 330 valence electrons. The van der Waals surface area contributed by atoms with Crippen molar-refractivity contribution in [3.05, 3.63) is 11.6 Å². The van der Waals surface area contributed by atoms with Crippen LogP contribution in [0.2, 0.25) is 0 Å². The molecule has 6 rings (SSSR count). The molecule has 0 radical (unpaired) electrons. The Morgan fingerprint density at radius 1 is 0.667 bits per heavy atom. The summed E-state index contributed by atoms with van der Waals surface area (Å²) >= 11 is 0. The third kappa shape index (κ3) is 7.49. The van der Waals surface area contributed by atoms with Crippen molar-refractivity contribution >= 4 is 0 Å². The third-order valence-corrected chi connectivity index (χ3v) is 17.1. The number of hydrogen-bond acceptors (Lipinski definition) is 15.